The second-order valence-corrected chi connectivity index (χ2v) is 6.62. The lowest BCUT2D eigenvalue weighted by Gasteiger charge is -2.19. The van der Waals surface area contributed by atoms with Gasteiger partial charge in [0.25, 0.3) is 0 Å². The molecule has 0 saturated carbocycles. The number of rotatable bonds is 12. The minimum Gasteiger partial charge on any atom is -0.490 e. The topological polar surface area (TPSA) is 52.6 Å². The van der Waals surface area contributed by atoms with Gasteiger partial charge < -0.3 is 9.47 Å². The second-order valence-electron chi connectivity index (χ2n) is 6.62. The van der Waals surface area contributed by atoms with Gasteiger partial charge in [-0.2, -0.15) is 0 Å². The van der Waals surface area contributed by atoms with Crippen molar-refractivity contribution in [1.29, 1.82) is 0 Å². The molecular weight excluding hydrogens is 352 g/mol. The molecule has 0 aliphatic carbocycles. The fourth-order valence-corrected chi connectivity index (χ4v) is 2.87. The molecule has 28 heavy (non-hydrogen) atoms. The van der Waals surface area contributed by atoms with Gasteiger partial charge in [0, 0.05) is 23.6 Å². The number of carbonyl (C=O) groups excluding carboxylic acids is 2. The smallest absolute Gasteiger partial charge is 0.330 e. The summed E-state index contributed by atoms with van der Waals surface area (Å²) >= 11 is 0. The van der Waals surface area contributed by atoms with E-state index >= 15 is 0 Å². The zero-order valence-corrected chi connectivity index (χ0v) is 16.4. The van der Waals surface area contributed by atoms with Gasteiger partial charge in [0.05, 0.1) is 6.61 Å². The molecule has 0 aliphatic heterocycles. The van der Waals surface area contributed by atoms with Crippen molar-refractivity contribution >= 4 is 11.8 Å². The van der Waals surface area contributed by atoms with Gasteiger partial charge in [-0.05, 0) is 37.1 Å². The first-order valence-corrected chi connectivity index (χ1v) is 9.79. The Hall–Kier alpha value is -2.88. The van der Waals surface area contributed by atoms with E-state index in [1.54, 1.807) is 24.3 Å². The third kappa shape index (κ3) is 7.03. The van der Waals surface area contributed by atoms with E-state index in [1.165, 1.54) is 0 Å². The van der Waals surface area contributed by atoms with E-state index in [-0.39, 0.29) is 11.9 Å². The first-order chi connectivity index (χ1) is 13.6. The van der Waals surface area contributed by atoms with E-state index in [0.717, 1.165) is 31.8 Å². The van der Waals surface area contributed by atoms with E-state index in [9.17, 15) is 9.59 Å². The Morgan fingerprint density at radius 3 is 2.29 bits per heavy atom. The minimum atomic E-state index is -0.420. The Morgan fingerprint density at radius 1 is 0.964 bits per heavy atom. The predicted molar refractivity (Wildman–Crippen MR) is 111 cm³/mol. The molecule has 0 aromatic heterocycles. The van der Waals surface area contributed by atoms with Crippen LogP contribution in [0.3, 0.4) is 0 Å². The van der Waals surface area contributed by atoms with Gasteiger partial charge in [0.15, 0.2) is 5.78 Å². The van der Waals surface area contributed by atoms with Crippen molar-refractivity contribution in [1.82, 2.24) is 0 Å². The fraction of sp³-hybridized carbons (Fsp3) is 0.333. The van der Waals surface area contributed by atoms with Crippen LogP contribution in [0.2, 0.25) is 0 Å². The van der Waals surface area contributed by atoms with Crippen LogP contribution in [0.4, 0.5) is 0 Å². The van der Waals surface area contributed by atoms with Crippen molar-refractivity contribution in [2.75, 3.05) is 6.61 Å². The highest BCUT2D eigenvalue weighted by Gasteiger charge is 2.13. The number of benzene rings is 2. The largest absolute Gasteiger partial charge is 0.490 e. The molecule has 148 valence electrons. The maximum absolute atomic E-state index is 12.5. The Morgan fingerprint density at radius 2 is 1.64 bits per heavy atom. The molecule has 0 spiro atoms. The number of esters is 1. The highest BCUT2D eigenvalue weighted by Crippen LogP contribution is 2.20. The average molecular weight is 380 g/mol. The SMILES string of the molecule is C=CC(=O)OCCC(CCCCC)Oc1ccc(C(=O)c2ccccc2)cc1. The number of hydrogen-bond acceptors (Lipinski definition) is 4. The summed E-state index contributed by atoms with van der Waals surface area (Å²) in [5.74, 6) is 0.278. The van der Waals surface area contributed by atoms with Gasteiger partial charge >= 0.3 is 5.97 Å². The van der Waals surface area contributed by atoms with E-state index < -0.39 is 5.97 Å². The van der Waals surface area contributed by atoms with Crippen molar-refractivity contribution in [2.45, 2.75) is 45.1 Å². The molecule has 0 radical (unpaired) electrons. The lowest BCUT2D eigenvalue weighted by molar-refractivity contribution is -0.138. The summed E-state index contributed by atoms with van der Waals surface area (Å²) in [5, 5.41) is 0. The molecule has 0 aliphatic rings. The monoisotopic (exact) mass is 380 g/mol. The zero-order valence-electron chi connectivity index (χ0n) is 16.4. The van der Waals surface area contributed by atoms with Crippen molar-refractivity contribution in [3.8, 4) is 5.75 Å². The molecule has 1 atom stereocenters. The van der Waals surface area contributed by atoms with Gasteiger partial charge in [-0.25, -0.2) is 4.79 Å². The predicted octanol–water partition coefficient (Wildman–Crippen LogP) is 5.36. The Balaban J connectivity index is 1.97. The number of ketones is 1. The molecule has 0 fully saturated rings. The molecule has 4 heteroatoms. The van der Waals surface area contributed by atoms with Crippen molar-refractivity contribution in [2.24, 2.45) is 0 Å². The lowest BCUT2D eigenvalue weighted by Crippen LogP contribution is -2.20. The molecule has 2 aromatic rings. The minimum absolute atomic E-state index is 0.0111. The van der Waals surface area contributed by atoms with Crippen LogP contribution in [-0.4, -0.2) is 24.5 Å². The summed E-state index contributed by atoms with van der Waals surface area (Å²) < 4.78 is 11.2. The number of ether oxygens (including phenoxy) is 2. The average Bonchev–Trinajstić information content (AvgIpc) is 2.74. The molecule has 4 nitrogen and oxygen atoms in total. The quantitative estimate of drug-likeness (QED) is 0.215. The van der Waals surface area contributed by atoms with E-state index in [0.29, 0.717) is 29.9 Å². The third-order valence-electron chi connectivity index (χ3n) is 4.44. The summed E-state index contributed by atoms with van der Waals surface area (Å²) in [7, 11) is 0. The molecule has 0 bridgehead atoms. The van der Waals surface area contributed by atoms with Crippen LogP contribution in [0.5, 0.6) is 5.75 Å². The van der Waals surface area contributed by atoms with Crippen molar-refractivity contribution < 1.29 is 19.1 Å². The van der Waals surface area contributed by atoms with Crippen LogP contribution >= 0.6 is 0 Å². The van der Waals surface area contributed by atoms with Crippen LogP contribution in [0.15, 0.2) is 67.3 Å². The third-order valence-corrected chi connectivity index (χ3v) is 4.44. The van der Waals surface area contributed by atoms with E-state index in [2.05, 4.69) is 13.5 Å². The van der Waals surface area contributed by atoms with Gasteiger partial charge in [-0.15, -0.1) is 0 Å². The molecule has 2 rings (SSSR count). The Kier molecular flexibility index (Phi) is 8.99. The van der Waals surface area contributed by atoms with Crippen molar-refractivity contribution in [3.63, 3.8) is 0 Å². The molecule has 2 aromatic carbocycles. The van der Waals surface area contributed by atoms with Crippen LogP contribution in [-0.2, 0) is 9.53 Å². The summed E-state index contributed by atoms with van der Waals surface area (Å²) in [5.41, 5.74) is 1.29. The van der Waals surface area contributed by atoms with E-state index in [4.69, 9.17) is 9.47 Å². The Labute approximate surface area is 167 Å². The first-order valence-electron chi connectivity index (χ1n) is 9.79. The summed E-state index contributed by atoms with van der Waals surface area (Å²) in [6.45, 7) is 5.85. The Bertz CT molecular complexity index is 750. The standard InChI is InChI=1S/C24H28O4/c1-3-5-7-12-21(17-18-27-23(25)4-2)28-22-15-13-20(14-16-22)24(26)19-10-8-6-9-11-19/h4,6,8-11,13-16,21H,2-3,5,7,12,17-18H2,1H3. The fourth-order valence-electron chi connectivity index (χ4n) is 2.87. The number of hydrogen-bond donors (Lipinski definition) is 0. The van der Waals surface area contributed by atoms with Crippen LogP contribution in [0.25, 0.3) is 0 Å². The summed E-state index contributed by atoms with van der Waals surface area (Å²) in [6, 6.07) is 16.4. The van der Waals surface area contributed by atoms with Gasteiger partial charge in [-0.1, -0.05) is 56.7 Å². The van der Waals surface area contributed by atoms with E-state index in [1.807, 2.05) is 30.3 Å². The second kappa shape index (κ2) is 11.8. The molecule has 1 unspecified atom stereocenters. The van der Waals surface area contributed by atoms with Gasteiger partial charge in [0.1, 0.15) is 11.9 Å². The number of unbranched alkanes of at least 4 members (excludes halogenated alkanes) is 2. The van der Waals surface area contributed by atoms with Gasteiger partial charge in [0.2, 0.25) is 0 Å². The van der Waals surface area contributed by atoms with Crippen LogP contribution in [0.1, 0.15) is 54.9 Å². The molecular formula is C24H28O4. The highest BCUT2D eigenvalue weighted by atomic mass is 16.5. The molecule has 0 amide bonds. The normalized spacial score (nSPS) is 11.5. The highest BCUT2D eigenvalue weighted by molar-refractivity contribution is 6.08. The van der Waals surface area contributed by atoms with Crippen LogP contribution < -0.4 is 4.74 Å². The van der Waals surface area contributed by atoms with Gasteiger partial charge in [-0.3, -0.25) is 4.79 Å². The molecule has 0 heterocycles. The summed E-state index contributed by atoms with van der Waals surface area (Å²) in [4.78, 5) is 23.7. The first kappa shape index (κ1) is 21.4. The lowest BCUT2D eigenvalue weighted by atomic mass is 10.0. The van der Waals surface area contributed by atoms with Crippen LogP contribution in [0, 0.1) is 0 Å². The maximum Gasteiger partial charge on any atom is 0.330 e. The number of carbonyl (C=O) groups is 2. The summed E-state index contributed by atoms with van der Waals surface area (Å²) in [6.07, 6.45) is 5.96. The van der Waals surface area contributed by atoms with Crippen molar-refractivity contribution in [3.05, 3.63) is 78.4 Å². The molecule has 0 N–H and O–H groups in total. The molecule has 0 saturated heterocycles. The maximum atomic E-state index is 12.5. The zero-order chi connectivity index (χ0) is 20.2.